The van der Waals surface area contributed by atoms with Gasteiger partial charge in [-0.1, -0.05) is 36.4 Å². The number of nitrogens with zero attached hydrogens (tertiary/aromatic N) is 5. The summed E-state index contributed by atoms with van der Waals surface area (Å²) in [6.07, 6.45) is 5.92. The highest BCUT2D eigenvalue weighted by atomic mass is 32.2. The van der Waals surface area contributed by atoms with Gasteiger partial charge in [-0.2, -0.15) is 5.10 Å². The van der Waals surface area contributed by atoms with Gasteiger partial charge in [-0.25, -0.2) is 28.6 Å². The van der Waals surface area contributed by atoms with Crippen LogP contribution in [0.1, 0.15) is 43.1 Å². The van der Waals surface area contributed by atoms with E-state index in [0.29, 0.717) is 18.3 Å². The van der Waals surface area contributed by atoms with Crippen LogP contribution in [0.3, 0.4) is 0 Å². The fourth-order valence-electron chi connectivity index (χ4n) is 5.32. The standard InChI is InChI=1S/C26H28N8O2S/c27-25-23-24(18-8-11-20-21(13-18)32-22(31-20)12-16-4-2-1-3-5-16)33-34(26(23)29-15-28-25)19-9-6-17(7-10-19)14-30-37(35)36/h1-5,8,11,13,15,17,19,30H,6-7,9-10,12,14H2,(H,31,32)(H,35,36)(H2,27,28,29). The molecule has 190 valence electrons. The summed E-state index contributed by atoms with van der Waals surface area (Å²) in [5, 5.41) is 5.78. The third-order valence-electron chi connectivity index (χ3n) is 7.19. The molecule has 1 fully saturated rings. The van der Waals surface area contributed by atoms with Crippen molar-refractivity contribution in [1.82, 2.24) is 34.4 Å². The van der Waals surface area contributed by atoms with Gasteiger partial charge in [0.15, 0.2) is 5.65 Å². The van der Waals surface area contributed by atoms with Gasteiger partial charge in [-0.3, -0.25) is 4.55 Å². The fraction of sp³-hybridized carbons (Fsp3) is 0.308. The second-order valence-corrected chi connectivity index (χ2v) is 10.4. The lowest BCUT2D eigenvalue weighted by atomic mass is 9.86. The quantitative estimate of drug-likeness (QED) is 0.239. The van der Waals surface area contributed by atoms with Crippen LogP contribution in [0.25, 0.3) is 33.3 Å². The van der Waals surface area contributed by atoms with E-state index in [1.165, 1.54) is 11.9 Å². The molecule has 5 N–H and O–H groups in total. The predicted octanol–water partition coefficient (Wildman–Crippen LogP) is 4.00. The monoisotopic (exact) mass is 516 g/mol. The number of hydrogen-bond donors (Lipinski definition) is 4. The molecule has 6 rings (SSSR count). The lowest BCUT2D eigenvalue weighted by Gasteiger charge is -2.28. The summed E-state index contributed by atoms with van der Waals surface area (Å²) in [7, 11) is 0. The zero-order valence-corrected chi connectivity index (χ0v) is 21.0. The van der Waals surface area contributed by atoms with Gasteiger partial charge in [0.2, 0.25) is 11.3 Å². The molecule has 1 saturated carbocycles. The number of hydrogen-bond acceptors (Lipinski definition) is 6. The molecular formula is C26H28N8O2S. The summed E-state index contributed by atoms with van der Waals surface area (Å²) >= 11 is -1.98. The van der Waals surface area contributed by atoms with Crippen molar-refractivity contribution in [2.24, 2.45) is 5.92 Å². The number of H-pyrrole nitrogens is 1. The molecule has 3 heterocycles. The maximum Gasteiger partial charge on any atom is 0.231 e. The average molecular weight is 517 g/mol. The Morgan fingerprint density at radius 3 is 2.70 bits per heavy atom. The lowest BCUT2D eigenvalue weighted by Crippen LogP contribution is -2.28. The van der Waals surface area contributed by atoms with E-state index in [1.54, 1.807) is 0 Å². The third kappa shape index (κ3) is 4.85. The van der Waals surface area contributed by atoms with E-state index in [4.69, 9.17) is 20.4 Å². The van der Waals surface area contributed by atoms with Crippen molar-refractivity contribution >= 4 is 39.2 Å². The normalized spacial score (nSPS) is 18.9. The number of benzene rings is 2. The van der Waals surface area contributed by atoms with Crippen LogP contribution in [0.4, 0.5) is 5.82 Å². The first kappa shape index (κ1) is 23.7. The topological polar surface area (TPSA) is 148 Å². The molecule has 1 atom stereocenters. The summed E-state index contributed by atoms with van der Waals surface area (Å²) in [5.41, 5.74) is 11.8. The minimum atomic E-state index is -1.98. The van der Waals surface area contributed by atoms with E-state index >= 15 is 0 Å². The van der Waals surface area contributed by atoms with Gasteiger partial charge in [0.1, 0.15) is 23.7 Å². The van der Waals surface area contributed by atoms with Crippen LogP contribution < -0.4 is 10.5 Å². The molecule has 1 aliphatic rings. The number of aromatic nitrogens is 6. The first-order chi connectivity index (χ1) is 18.0. The van der Waals surface area contributed by atoms with Crippen LogP contribution >= 0.6 is 0 Å². The molecule has 11 heteroatoms. The van der Waals surface area contributed by atoms with Crippen LogP contribution in [0.2, 0.25) is 0 Å². The molecule has 0 amide bonds. The Labute approximate surface area is 216 Å². The Hall–Kier alpha value is -3.67. The van der Waals surface area contributed by atoms with Crippen LogP contribution in [0.15, 0.2) is 54.9 Å². The van der Waals surface area contributed by atoms with Gasteiger partial charge in [0, 0.05) is 18.5 Å². The summed E-state index contributed by atoms with van der Waals surface area (Å²) < 4.78 is 24.6. The van der Waals surface area contributed by atoms with Crippen molar-refractivity contribution in [3.05, 3.63) is 66.2 Å². The largest absolute Gasteiger partial charge is 0.383 e. The number of anilines is 1. The van der Waals surface area contributed by atoms with E-state index < -0.39 is 11.3 Å². The van der Waals surface area contributed by atoms with Crippen molar-refractivity contribution in [2.45, 2.75) is 38.1 Å². The smallest absolute Gasteiger partial charge is 0.231 e. The van der Waals surface area contributed by atoms with Crippen molar-refractivity contribution in [3.63, 3.8) is 0 Å². The van der Waals surface area contributed by atoms with Crippen LogP contribution in [-0.4, -0.2) is 45.0 Å². The molecule has 0 bridgehead atoms. The third-order valence-corrected chi connectivity index (χ3v) is 7.61. The Kier molecular flexibility index (Phi) is 6.41. The number of nitrogens with two attached hydrogens (primary N) is 1. The Morgan fingerprint density at radius 2 is 1.92 bits per heavy atom. The number of nitrogen functional groups attached to an aromatic ring is 1. The zero-order chi connectivity index (χ0) is 25.4. The van der Waals surface area contributed by atoms with Gasteiger partial charge in [-0.15, -0.1) is 0 Å². The number of rotatable bonds is 7. The van der Waals surface area contributed by atoms with Gasteiger partial charge in [0.05, 0.1) is 22.5 Å². The minimum Gasteiger partial charge on any atom is -0.383 e. The highest BCUT2D eigenvalue weighted by Gasteiger charge is 2.27. The maximum atomic E-state index is 11.0. The number of aromatic amines is 1. The molecule has 3 aromatic heterocycles. The Morgan fingerprint density at radius 1 is 1.11 bits per heavy atom. The first-order valence-corrected chi connectivity index (χ1v) is 13.5. The fourth-order valence-corrected chi connectivity index (χ4v) is 5.70. The first-order valence-electron chi connectivity index (χ1n) is 12.4. The Balaban J connectivity index is 1.31. The number of fused-ring (bicyclic) bond motifs is 2. The molecule has 1 aliphatic carbocycles. The van der Waals surface area contributed by atoms with Gasteiger partial charge < -0.3 is 10.7 Å². The van der Waals surface area contributed by atoms with E-state index in [2.05, 4.69) is 37.9 Å². The van der Waals surface area contributed by atoms with Gasteiger partial charge in [0.25, 0.3) is 0 Å². The summed E-state index contributed by atoms with van der Waals surface area (Å²) in [5.74, 6) is 1.68. The Bertz CT molecular complexity index is 1570. The van der Waals surface area contributed by atoms with E-state index in [1.807, 2.05) is 35.0 Å². The molecule has 0 saturated heterocycles. The van der Waals surface area contributed by atoms with Crippen molar-refractivity contribution in [2.75, 3.05) is 12.3 Å². The average Bonchev–Trinajstić information content (AvgIpc) is 3.50. The predicted molar refractivity (Wildman–Crippen MR) is 144 cm³/mol. The highest BCUT2D eigenvalue weighted by molar-refractivity contribution is 7.77. The molecule has 5 aromatic rings. The number of imidazole rings is 1. The second-order valence-electron chi connectivity index (χ2n) is 9.60. The van der Waals surface area contributed by atoms with E-state index in [0.717, 1.165) is 71.3 Å². The summed E-state index contributed by atoms with van der Waals surface area (Å²) in [4.78, 5) is 17.0. The number of nitrogens with one attached hydrogen (secondary N) is 2. The zero-order valence-electron chi connectivity index (χ0n) is 20.2. The van der Waals surface area contributed by atoms with Gasteiger partial charge >= 0.3 is 0 Å². The van der Waals surface area contributed by atoms with Crippen LogP contribution in [0, 0.1) is 5.92 Å². The van der Waals surface area contributed by atoms with E-state index in [-0.39, 0.29) is 6.04 Å². The molecular weight excluding hydrogens is 488 g/mol. The van der Waals surface area contributed by atoms with Crippen LogP contribution in [-0.2, 0) is 17.7 Å². The highest BCUT2D eigenvalue weighted by Crippen LogP contribution is 2.37. The molecule has 0 spiro atoms. The maximum absolute atomic E-state index is 11.0. The van der Waals surface area contributed by atoms with Crippen molar-refractivity contribution in [1.29, 1.82) is 0 Å². The SMILES string of the molecule is Nc1ncnc2c1c(-c1ccc3nc(Cc4ccccc4)[nH]c3c1)nn2C1CCC(CNS(=O)O)CC1. The van der Waals surface area contributed by atoms with Gasteiger partial charge in [-0.05, 0) is 49.3 Å². The van der Waals surface area contributed by atoms with Crippen molar-refractivity contribution < 1.29 is 8.76 Å². The summed E-state index contributed by atoms with van der Waals surface area (Å²) in [6, 6.07) is 16.5. The van der Waals surface area contributed by atoms with E-state index in [9.17, 15) is 4.21 Å². The lowest BCUT2D eigenvalue weighted by molar-refractivity contribution is 0.265. The molecule has 37 heavy (non-hydrogen) atoms. The molecule has 0 radical (unpaired) electrons. The molecule has 2 aromatic carbocycles. The molecule has 0 aliphatic heterocycles. The molecule has 1 unspecified atom stereocenters. The summed E-state index contributed by atoms with van der Waals surface area (Å²) in [6.45, 7) is 0.534. The van der Waals surface area contributed by atoms with Crippen molar-refractivity contribution in [3.8, 4) is 11.3 Å². The minimum absolute atomic E-state index is 0.176. The van der Waals surface area contributed by atoms with Crippen LogP contribution in [0.5, 0.6) is 0 Å². The second kappa shape index (κ2) is 10.0. The molecule has 10 nitrogen and oxygen atoms in total.